The number of epoxide rings is 1. The third kappa shape index (κ3) is 33.8. The van der Waals surface area contributed by atoms with Crippen LogP contribution in [-0.4, -0.2) is 87.1 Å². The van der Waals surface area contributed by atoms with Crippen molar-refractivity contribution in [2.45, 2.75) is 173 Å². The van der Waals surface area contributed by atoms with Gasteiger partial charge in [0.1, 0.15) is 19.8 Å². The van der Waals surface area contributed by atoms with Gasteiger partial charge < -0.3 is 23.6 Å². The van der Waals surface area contributed by atoms with Crippen LogP contribution in [0.15, 0.2) is 48.6 Å². The molecule has 1 saturated heterocycles. The van der Waals surface area contributed by atoms with E-state index in [1.807, 2.05) is 21.1 Å². The molecule has 1 rings (SSSR count). The van der Waals surface area contributed by atoms with Crippen LogP contribution >= 0.6 is 7.82 Å². The first-order chi connectivity index (χ1) is 26.5. The van der Waals surface area contributed by atoms with Gasteiger partial charge in [-0.1, -0.05) is 120 Å². The van der Waals surface area contributed by atoms with Gasteiger partial charge in [-0.05, 0) is 70.6 Å². The Morgan fingerprint density at radius 1 is 0.691 bits per heavy atom. The molecule has 0 aromatic heterocycles. The van der Waals surface area contributed by atoms with E-state index >= 15 is 0 Å². The summed E-state index contributed by atoms with van der Waals surface area (Å²) < 4.78 is 40.0. The van der Waals surface area contributed by atoms with Crippen molar-refractivity contribution >= 4 is 19.8 Å². The number of unbranched alkanes of at least 4 members (excludes halogenated alkanes) is 12. The van der Waals surface area contributed by atoms with Gasteiger partial charge in [-0.25, -0.2) is 4.57 Å². The minimum atomic E-state index is -4.39. The fourth-order valence-corrected chi connectivity index (χ4v) is 6.54. The van der Waals surface area contributed by atoms with Gasteiger partial charge in [0, 0.05) is 12.8 Å². The van der Waals surface area contributed by atoms with Gasteiger partial charge in [-0.15, -0.1) is 0 Å². The van der Waals surface area contributed by atoms with Gasteiger partial charge in [0.25, 0.3) is 0 Å². The molecule has 1 aliphatic rings. The van der Waals surface area contributed by atoms with E-state index in [1.165, 1.54) is 25.7 Å². The van der Waals surface area contributed by atoms with Crippen molar-refractivity contribution in [3.8, 4) is 0 Å². The van der Waals surface area contributed by atoms with Crippen molar-refractivity contribution in [2.24, 2.45) is 0 Å². The highest BCUT2D eigenvalue weighted by molar-refractivity contribution is 7.47. The van der Waals surface area contributed by atoms with Gasteiger partial charge >= 0.3 is 19.8 Å². The molecule has 0 amide bonds. The number of hydrogen-bond donors (Lipinski definition) is 1. The topological polar surface area (TPSA) is 121 Å². The van der Waals surface area contributed by atoms with Crippen LogP contribution in [0, 0.1) is 0 Å². The molecule has 4 atom stereocenters. The number of nitrogens with zero attached hydrogens (tertiary/aromatic N) is 1. The molecule has 1 heterocycles. The molecule has 11 heteroatoms. The van der Waals surface area contributed by atoms with Crippen molar-refractivity contribution in [2.75, 3.05) is 47.5 Å². The zero-order valence-electron chi connectivity index (χ0n) is 35.3. The summed E-state index contributed by atoms with van der Waals surface area (Å²) in [5, 5.41) is 0. The van der Waals surface area contributed by atoms with E-state index in [4.69, 9.17) is 23.3 Å². The van der Waals surface area contributed by atoms with E-state index in [0.29, 0.717) is 36.1 Å². The average Bonchev–Trinajstić information content (AvgIpc) is 3.89. The van der Waals surface area contributed by atoms with Crippen LogP contribution in [0.2, 0.25) is 0 Å². The molecule has 55 heavy (non-hydrogen) atoms. The first kappa shape index (κ1) is 50.9. The van der Waals surface area contributed by atoms with Crippen molar-refractivity contribution in [3.63, 3.8) is 0 Å². The van der Waals surface area contributed by atoms with E-state index in [2.05, 4.69) is 62.5 Å². The van der Waals surface area contributed by atoms with E-state index in [1.54, 1.807) is 0 Å². The second-order valence-corrected chi connectivity index (χ2v) is 17.2. The number of hydrogen-bond acceptors (Lipinski definition) is 8. The molecule has 1 aliphatic heterocycles. The summed E-state index contributed by atoms with van der Waals surface area (Å²) in [6.07, 6.45) is 39.0. The van der Waals surface area contributed by atoms with Crippen LogP contribution in [0.25, 0.3) is 0 Å². The van der Waals surface area contributed by atoms with Gasteiger partial charge in [-0.2, -0.15) is 0 Å². The summed E-state index contributed by atoms with van der Waals surface area (Å²) in [5.74, 6) is -0.844. The van der Waals surface area contributed by atoms with Gasteiger partial charge in [-0.3, -0.25) is 18.6 Å². The van der Waals surface area contributed by atoms with Crippen LogP contribution in [0.4, 0.5) is 0 Å². The smallest absolute Gasteiger partial charge is 0.462 e. The zero-order chi connectivity index (χ0) is 40.5. The number of likely N-dealkylation sites (N-methyl/N-ethyl adjacent to an activating group) is 1. The van der Waals surface area contributed by atoms with E-state index in [-0.39, 0.29) is 26.1 Å². The minimum absolute atomic E-state index is 0.0216. The Balaban J connectivity index is 2.30. The molecular formula is C44H79NO9P+. The monoisotopic (exact) mass is 797 g/mol. The Hall–Kier alpha value is -2.07. The molecular weight excluding hydrogens is 717 g/mol. The van der Waals surface area contributed by atoms with Crippen LogP contribution < -0.4 is 0 Å². The Morgan fingerprint density at radius 2 is 1.27 bits per heavy atom. The maximum Gasteiger partial charge on any atom is 0.472 e. The Labute approximate surface area is 335 Å². The number of quaternary nitrogens is 1. The summed E-state index contributed by atoms with van der Waals surface area (Å²) in [7, 11) is 1.44. The number of carbonyl (C=O) groups is 2. The molecule has 1 fully saturated rings. The van der Waals surface area contributed by atoms with Crippen LogP contribution in [0.3, 0.4) is 0 Å². The zero-order valence-corrected chi connectivity index (χ0v) is 36.2. The fourth-order valence-electron chi connectivity index (χ4n) is 5.80. The predicted octanol–water partition coefficient (Wildman–Crippen LogP) is 10.9. The molecule has 318 valence electrons. The number of carbonyl (C=O) groups excluding carboxylic acids is 2. The van der Waals surface area contributed by atoms with Crippen LogP contribution in [-0.2, 0) is 37.4 Å². The highest BCUT2D eigenvalue weighted by Gasteiger charge is 2.36. The van der Waals surface area contributed by atoms with E-state index in [0.717, 1.165) is 89.9 Å². The Bertz CT molecular complexity index is 1150. The van der Waals surface area contributed by atoms with E-state index in [9.17, 15) is 19.0 Å². The summed E-state index contributed by atoms with van der Waals surface area (Å²) in [4.78, 5) is 35.3. The molecule has 0 aromatic rings. The quantitative estimate of drug-likeness (QED) is 0.0163. The lowest BCUT2D eigenvalue weighted by Crippen LogP contribution is -2.37. The van der Waals surface area contributed by atoms with Crippen molar-refractivity contribution < 1.29 is 46.8 Å². The van der Waals surface area contributed by atoms with Gasteiger partial charge in [0.2, 0.25) is 0 Å². The standard InChI is InChI=1S/C44H78NO9P/c1-6-8-10-11-12-13-14-15-16-17-18-19-24-27-31-35-44(47)53-40(39-52-55(48,49)51-37-36-45(3,4)5)38-50-43(46)34-30-26-23-21-20-22-25-29-33-42-41(54-42)32-28-9-7-2/h8,10,12-13,15-16,25,29,40-42H,6-7,9,11,14,17-24,26-28,30-39H2,1-5H3/p+1/b10-8-,13-12-,16-15-,29-25-/t40-,41?,42?/m1/s1. The number of rotatable bonds is 37. The summed E-state index contributed by atoms with van der Waals surface area (Å²) in [6.45, 7) is 4.22. The lowest BCUT2D eigenvalue weighted by atomic mass is 10.1. The maximum absolute atomic E-state index is 12.7. The number of allylic oxidation sites excluding steroid dienone is 7. The minimum Gasteiger partial charge on any atom is -0.462 e. The van der Waals surface area contributed by atoms with Gasteiger partial charge in [0.05, 0.1) is 40.0 Å². The predicted molar refractivity (Wildman–Crippen MR) is 224 cm³/mol. The summed E-state index contributed by atoms with van der Waals surface area (Å²) >= 11 is 0. The highest BCUT2D eigenvalue weighted by Crippen LogP contribution is 2.43. The molecule has 3 unspecified atom stereocenters. The Morgan fingerprint density at radius 3 is 1.91 bits per heavy atom. The molecule has 0 aromatic carbocycles. The third-order valence-corrected chi connectivity index (χ3v) is 10.3. The fraction of sp³-hybridized carbons (Fsp3) is 0.773. The molecule has 0 aliphatic carbocycles. The first-order valence-electron chi connectivity index (χ1n) is 21.5. The summed E-state index contributed by atoms with van der Waals surface area (Å²) in [5.41, 5.74) is 0. The normalized spacial score (nSPS) is 17.8. The SMILES string of the molecule is CC/C=C\C/C=C\C/C=C\CCCCCCCC(=O)O[C@H](COC(=O)CCCCCCC/C=C\CC1OC1CCCCC)COP(=O)(O)OCC[N+](C)(C)C. The largest absolute Gasteiger partial charge is 0.472 e. The number of ether oxygens (including phenoxy) is 3. The van der Waals surface area contributed by atoms with Crippen molar-refractivity contribution in [3.05, 3.63) is 48.6 Å². The van der Waals surface area contributed by atoms with Crippen molar-refractivity contribution in [1.29, 1.82) is 0 Å². The van der Waals surface area contributed by atoms with Crippen LogP contribution in [0.5, 0.6) is 0 Å². The highest BCUT2D eigenvalue weighted by atomic mass is 31.2. The number of phosphoric ester groups is 1. The van der Waals surface area contributed by atoms with E-state index < -0.39 is 32.5 Å². The molecule has 0 radical (unpaired) electrons. The summed E-state index contributed by atoms with van der Waals surface area (Å²) in [6, 6.07) is 0. The lowest BCUT2D eigenvalue weighted by molar-refractivity contribution is -0.870. The van der Waals surface area contributed by atoms with Crippen molar-refractivity contribution in [1.82, 2.24) is 0 Å². The number of esters is 2. The molecule has 0 bridgehead atoms. The second-order valence-electron chi connectivity index (χ2n) is 15.7. The molecule has 0 saturated carbocycles. The average molecular weight is 797 g/mol. The van der Waals surface area contributed by atoms with Gasteiger partial charge in [0.15, 0.2) is 6.10 Å². The Kier molecular flexibility index (Phi) is 30.5. The number of phosphoric acid groups is 1. The third-order valence-electron chi connectivity index (χ3n) is 9.27. The molecule has 1 N–H and O–H groups in total. The first-order valence-corrected chi connectivity index (χ1v) is 23.0. The maximum atomic E-state index is 12.7. The van der Waals surface area contributed by atoms with Crippen LogP contribution in [0.1, 0.15) is 155 Å². The lowest BCUT2D eigenvalue weighted by Gasteiger charge is -2.24. The second kappa shape index (κ2) is 33.0. The molecule has 10 nitrogen and oxygen atoms in total. The molecule has 0 spiro atoms.